The van der Waals surface area contributed by atoms with E-state index in [4.69, 9.17) is 4.74 Å². The van der Waals surface area contributed by atoms with Gasteiger partial charge in [-0.1, -0.05) is 18.2 Å². The van der Waals surface area contributed by atoms with Crippen LogP contribution in [0.25, 0.3) is 0 Å². The topological polar surface area (TPSA) is 44.8 Å². The van der Waals surface area contributed by atoms with Crippen molar-refractivity contribution in [2.75, 3.05) is 45.9 Å². The monoisotopic (exact) mass is 287 g/mol. The second-order valence-corrected chi connectivity index (χ2v) is 6.30. The number of piperazine rings is 1. The van der Waals surface area contributed by atoms with Gasteiger partial charge in [0, 0.05) is 38.3 Å². The second-order valence-electron chi connectivity index (χ2n) is 6.30. The van der Waals surface area contributed by atoms with Crippen molar-refractivity contribution in [2.24, 2.45) is 0 Å². The lowest BCUT2D eigenvalue weighted by Gasteiger charge is -2.60. The van der Waals surface area contributed by atoms with Crippen molar-refractivity contribution >= 4 is 5.91 Å². The SMILES string of the molecule is O=C(c1ccccc1)N1C[C@@H]2COCCN2C2(CNC2)C1. The first-order valence-corrected chi connectivity index (χ1v) is 7.68. The van der Waals surface area contributed by atoms with E-state index in [0.29, 0.717) is 6.04 Å². The first-order chi connectivity index (χ1) is 10.3. The highest BCUT2D eigenvalue weighted by molar-refractivity contribution is 5.94. The van der Waals surface area contributed by atoms with Crippen LogP contribution in [0.5, 0.6) is 0 Å². The van der Waals surface area contributed by atoms with Gasteiger partial charge in [0.2, 0.25) is 0 Å². The van der Waals surface area contributed by atoms with Crippen LogP contribution in [-0.4, -0.2) is 73.2 Å². The van der Waals surface area contributed by atoms with Crippen LogP contribution in [0.1, 0.15) is 10.4 Å². The second kappa shape index (κ2) is 5.09. The number of ether oxygens (including phenoxy) is 1. The molecule has 1 atom stereocenters. The van der Waals surface area contributed by atoms with E-state index in [1.54, 1.807) is 0 Å². The summed E-state index contributed by atoms with van der Waals surface area (Å²) in [4.78, 5) is 17.3. The molecule has 1 aromatic rings. The molecule has 1 spiro atoms. The van der Waals surface area contributed by atoms with Crippen LogP contribution in [0.4, 0.5) is 0 Å². The molecule has 0 bridgehead atoms. The van der Waals surface area contributed by atoms with Crippen molar-refractivity contribution < 1.29 is 9.53 Å². The number of nitrogens with one attached hydrogen (secondary N) is 1. The number of benzene rings is 1. The number of hydrogen-bond acceptors (Lipinski definition) is 4. The number of hydrogen-bond donors (Lipinski definition) is 1. The quantitative estimate of drug-likeness (QED) is 0.801. The van der Waals surface area contributed by atoms with Gasteiger partial charge in [0.05, 0.1) is 24.8 Å². The van der Waals surface area contributed by atoms with Gasteiger partial charge in [0.1, 0.15) is 0 Å². The Labute approximate surface area is 124 Å². The number of rotatable bonds is 1. The van der Waals surface area contributed by atoms with E-state index >= 15 is 0 Å². The number of amides is 1. The molecule has 0 aliphatic carbocycles. The van der Waals surface area contributed by atoms with E-state index in [-0.39, 0.29) is 11.4 Å². The minimum atomic E-state index is 0.122. The molecule has 21 heavy (non-hydrogen) atoms. The Morgan fingerprint density at radius 3 is 2.81 bits per heavy atom. The summed E-state index contributed by atoms with van der Waals surface area (Å²) in [5, 5.41) is 3.38. The van der Waals surface area contributed by atoms with Crippen molar-refractivity contribution in [3.05, 3.63) is 35.9 Å². The molecule has 3 fully saturated rings. The highest BCUT2D eigenvalue weighted by atomic mass is 16.5. The smallest absolute Gasteiger partial charge is 0.253 e. The molecule has 3 saturated heterocycles. The summed E-state index contributed by atoms with van der Waals surface area (Å²) >= 11 is 0. The Balaban J connectivity index is 1.58. The molecule has 3 heterocycles. The van der Waals surface area contributed by atoms with Crippen LogP contribution >= 0.6 is 0 Å². The molecule has 5 nitrogen and oxygen atoms in total. The van der Waals surface area contributed by atoms with E-state index in [9.17, 15) is 4.79 Å². The highest BCUT2D eigenvalue weighted by Gasteiger charge is 2.51. The molecule has 0 aromatic heterocycles. The molecule has 0 radical (unpaired) electrons. The molecule has 1 N–H and O–H groups in total. The summed E-state index contributed by atoms with van der Waals surface area (Å²) in [7, 11) is 0. The first-order valence-electron chi connectivity index (χ1n) is 7.68. The number of fused-ring (bicyclic) bond motifs is 2. The van der Waals surface area contributed by atoms with E-state index < -0.39 is 0 Å². The number of carbonyl (C=O) groups excluding carboxylic acids is 1. The Hall–Kier alpha value is -1.43. The van der Waals surface area contributed by atoms with Crippen LogP contribution in [0.15, 0.2) is 30.3 Å². The average Bonchev–Trinajstić information content (AvgIpc) is 2.52. The van der Waals surface area contributed by atoms with E-state index in [2.05, 4.69) is 10.2 Å². The summed E-state index contributed by atoms with van der Waals surface area (Å²) < 4.78 is 5.63. The lowest BCUT2D eigenvalue weighted by Crippen LogP contribution is -2.80. The Bertz CT molecular complexity index is 530. The fourth-order valence-electron chi connectivity index (χ4n) is 3.84. The predicted octanol–water partition coefficient (Wildman–Crippen LogP) is 0.185. The molecular formula is C16H21N3O2. The molecule has 0 unspecified atom stereocenters. The zero-order valence-corrected chi connectivity index (χ0v) is 12.1. The number of morpholine rings is 1. The van der Waals surface area contributed by atoms with Crippen LogP contribution in [-0.2, 0) is 4.74 Å². The van der Waals surface area contributed by atoms with Crippen molar-refractivity contribution in [1.29, 1.82) is 0 Å². The third-order valence-electron chi connectivity index (χ3n) is 4.97. The maximum absolute atomic E-state index is 12.7. The maximum atomic E-state index is 12.7. The van der Waals surface area contributed by atoms with Gasteiger partial charge in [-0.15, -0.1) is 0 Å². The van der Waals surface area contributed by atoms with Crippen molar-refractivity contribution in [1.82, 2.24) is 15.1 Å². The van der Waals surface area contributed by atoms with Gasteiger partial charge in [-0.3, -0.25) is 9.69 Å². The van der Waals surface area contributed by atoms with Crippen molar-refractivity contribution in [3.63, 3.8) is 0 Å². The van der Waals surface area contributed by atoms with Gasteiger partial charge in [-0.05, 0) is 12.1 Å². The number of carbonyl (C=O) groups is 1. The normalized spacial score (nSPS) is 28.0. The molecule has 0 saturated carbocycles. The van der Waals surface area contributed by atoms with Crippen LogP contribution < -0.4 is 5.32 Å². The van der Waals surface area contributed by atoms with Crippen LogP contribution in [0, 0.1) is 0 Å². The third-order valence-corrected chi connectivity index (χ3v) is 4.97. The maximum Gasteiger partial charge on any atom is 0.253 e. The zero-order chi connectivity index (χ0) is 14.3. The molecule has 3 aliphatic rings. The lowest BCUT2D eigenvalue weighted by atomic mass is 9.84. The Kier molecular flexibility index (Phi) is 3.21. The van der Waals surface area contributed by atoms with Crippen molar-refractivity contribution in [2.45, 2.75) is 11.6 Å². The van der Waals surface area contributed by atoms with Crippen molar-refractivity contribution in [3.8, 4) is 0 Å². The Morgan fingerprint density at radius 2 is 2.10 bits per heavy atom. The van der Waals surface area contributed by atoms with Gasteiger partial charge in [-0.25, -0.2) is 0 Å². The summed E-state index contributed by atoms with van der Waals surface area (Å²) in [5.41, 5.74) is 0.905. The molecule has 1 aromatic carbocycles. The summed E-state index contributed by atoms with van der Waals surface area (Å²) in [5.74, 6) is 0.145. The summed E-state index contributed by atoms with van der Waals surface area (Å²) in [6.45, 7) is 6.08. The number of nitrogens with zero attached hydrogens (tertiary/aromatic N) is 2. The standard InChI is InChI=1S/C16H21N3O2/c20-15(13-4-2-1-3-5-13)18-8-14-9-21-7-6-19(14)16(12-18)10-17-11-16/h1-5,14,17H,6-12H2/t14-/m1/s1. The summed E-state index contributed by atoms with van der Waals surface area (Å²) in [6.07, 6.45) is 0. The molecular weight excluding hydrogens is 266 g/mol. The van der Waals surface area contributed by atoms with Gasteiger partial charge < -0.3 is 15.0 Å². The predicted molar refractivity (Wildman–Crippen MR) is 79.3 cm³/mol. The molecule has 4 rings (SSSR count). The van der Waals surface area contributed by atoms with E-state index in [1.165, 1.54) is 0 Å². The van der Waals surface area contributed by atoms with Gasteiger partial charge in [0.25, 0.3) is 5.91 Å². The highest BCUT2D eigenvalue weighted by Crippen LogP contribution is 2.31. The molecule has 1 amide bonds. The molecule has 3 aliphatic heterocycles. The molecule has 112 valence electrons. The average molecular weight is 287 g/mol. The third kappa shape index (κ3) is 2.16. The van der Waals surface area contributed by atoms with E-state index in [1.807, 2.05) is 35.2 Å². The fraction of sp³-hybridized carbons (Fsp3) is 0.562. The van der Waals surface area contributed by atoms with E-state index in [0.717, 1.165) is 51.5 Å². The first kappa shape index (κ1) is 13.2. The zero-order valence-electron chi connectivity index (χ0n) is 12.1. The van der Waals surface area contributed by atoms with Crippen LogP contribution in [0.2, 0.25) is 0 Å². The molecule has 5 heteroatoms. The lowest BCUT2D eigenvalue weighted by molar-refractivity contribution is -0.123. The minimum absolute atomic E-state index is 0.122. The van der Waals surface area contributed by atoms with Gasteiger partial charge >= 0.3 is 0 Å². The summed E-state index contributed by atoms with van der Waals surface area (Å²) in [6, 6.07) is 9.93. The van der Waals surface area contributed by atoms with Gasteiger partial charge in [0.15, 0.2) is 0 Å². The Morgan fingerprint density at radius 1 is 1.29 bits per heavy atom. The van der Waals surface area contributed by atoms with Crippen LogP contribution in [0.3, 0.4) is 0 Å². The fourth-order valence-corrected chi connectivity index (χ4v) is 3.84. The van der Waals surface area contributed by atoms with Gasteiger partial charge in [-0.2, -0.15) is 0 Å². The minimum Gasteiger partial charge on any atom is -0.378 e. The largest absolute Gasteiger partial charge is 0.378 e.